The van der Waals surface area contributed by atoms with Crippen molar-refractivity contribution in [3.63, 3.8) is 0 Å². The van der Waals surface area contributed by atoms with Crippen molar-refractivity contribution in [3.05, 3.63) is 52.6 Å². The molecule has 0 amide bonds. The van der Waals surface area contributed by atoms with Gasteiger partial charge in [-0.2, -0.15) is 13.2 Å². The van der Waals surface area contributed by atoms with E-state index >= 15 is 0 Å². The smallest absolute Gasteiger partial charge is 0.486 e. The zero-order valence-corrected chi connectivity index (χ0v) is 13.3. The van der Waals surface area contributed by atoms with Crippen LogP contribution < -0.4 is 9.47 Å². The number of benzene rings is 2. The lowest BCUT2D eigenvalue weighted by Crippen LogP contribution is -2.16. The molecule has 0 saturated carbocycles. The number of hydrogen-bond acceptors (Lipinski definition) is 4. The van der Waals surface area contributed by atoms with Crippen LogP contribution in [0.5, 0.6) is 11.5 Å². The maximum Gasteiger partial charge on any atom is 0.573 e. The molecule has 0 aliphatic rings. The SMILES string of the molecule is O=[N+]([O-])c1cc(-c2ccc(OC(F)(F)F)cc2)ccc1OCCC(F)(F)F. The molecule has 0 heterocycles. The zero-order chi connectivity index (χ0) is 20.2. The average molecular weight is 395 g/mol. The molecule has 5 nitrogen and oxygen atoms in total. The van der Waals surface area contributed by atoms with Crippen LogP contribution in [0.3, 0.4) is 0 Å². The molecular weight excluding hydrogens is 384 g/mol. The van der Waals surface area contributed by atoms with Gasteiger partial charge in [0.25, 0.3) is 0 Å². The van der Waals surface area contributed by atoms with Gasteiger partial charge in [0.1, 0.15) is 5.75 Å². The van der Waals surface area contributed by atoms with Crippen LogP contribution in [0.4, 0.5) is 32.0 Å². The van der Waals surface area contributed by atoms with Gasteiger partial charge in [0.05, 0.1) is 18.0 Å². The van der Waals surface area contributed by atoms with E-state index in [9.17, 15) is 36.5 Å². The third kappa shape index (κ3) is 6.35. The summed E-state index contributed by atoms with van der Waals surface area (Å²) >= 11 is 0. The van der Waals surface area contributed by atoms with Crippen molar-refractivity contribution in [1.29, 1.82) is 0 Å². The predicted molar refractivity (Wildman–Crippen MR) is 81.4 cm³/mol. The van der Waals surface area contributed by atoms with Crippen molar-refractivity contribution in [2.24, 2.45) is 0 Å². The second-order valence-electron chi connectivity index (χ2n) is 5.23. The number of nitrogens with zero attached hydrogens (tertiary/aromatic N) is 1. The number of alkyl halides is 6. The van der Waals surface area contributed by atoms with E-state index in [1.165, 1.54) is 18.2 Å². The molecule has 0 saturated heterocycles. The molecule has 0 N–H and O–H groups in total. The molecule has 0 radical (unpaired) electrons. The first-order valence-corrected chi connectivity index (χ1v) is 7.29. The molecule has 0 spiro atoms. The summed E-state index contributed by atoms with van der Waals surface area (Å²) in [5.41, 5.74) is 0.0446. The minimum Gasteiger partial charge on any atom is -0.486 e. The first-order chi connectivity index (χ1) is 12.4. The Morgan fingerprint density at radius 1 is 0.926 bits per heavy atom. The molecule has 0 bridgehead atoms. The predicted octanol–water partition coefficient (Wildman–Crippen LogP) is 5.49. The van der Waals surface area contributed by atoms with Gasteiger partial charge in [-0.1, -0.05) is 18.2 Å². The molecule has 2 aromatic rings. The van der Waals surface area contributed by atoms with Gasteiger partial charge >= 0.3 is 18.2 Å². The van der Waals surface area contributed by atoms with E-state index in [0.29, 0.717) is 5.56 Å². The summed E-state index contributed by atoms with van der Waals surface area (Å²) in [6.45, 7) is -0.785. The summed E-state index contributed by atoms with van der Waals surface area (Å²) in [5, 5.41) is 11.1. The Kier molecular flexibility index (Phi) is 5.82. The average Bonchev–Trinajstić information content (AvgIpc) is 2.53. The van der Waals surface area contributed by atoms with Crippen LogP contribution in [0, 0.1) is 10.1 Å². The molecule has 11 heteroatoms. The largest absolute Gasteiger partial charge is 0.573 e. The molecule has 146 valence electrons. The molecule has 0 aromatic heterocycles. The molecule has 0 aliphatic carbocycles. The second kappa shape index (κ2) is 7.72. The number of nitro groups is 1. The topological polar surface area (TPSA) is 61.6 Å². The van der Waals surface area contributed by atoms with Gasteiger partial charge in [-0.15, -0.1) is 13.2 Å². The van der Waals surface area contributed by atoms with Crippen LogP contribution in [0.1, 0.15) is 6.42 Å². The van der Waals surface area contributed by atoms with Crippen LogP contribution in [-0.2, 0) is 0 Å². The minimum atomic E-state index is -4.85. The molecule has 0 fully saturated rings. The first-order valence-electron chi connectivity index (χ1n) is 7.29. The summed E-state index contributed by atoms with van der Waals surface area (Å²) < 4.78 is 81.4. The fourth-order valence-electron chi connectivity index (χ4n) is 2.09. The van der Waals surface area contributed by atoms with Gasteiger partial charge in [-0.3, -0.25) is 10.1 Å². The molecular formula is C16H11F6NO4. The molecule has 0 atom stereocenters. The third-order valence-corrected chi connectivity index (χ3v) is 3.22. The highest BCUT2D eigenvalue weighted by atomic mass is 19.4. The lowest BCUT2D eigenvalue weighted by Gasteiger charge is -2.11. The van der Waals surface area contributed by atoms with Gasteiger partial charge < -0.3 is 9.47 Å². The van der Waals surface area contributed by atoms with Crippen molar-refractivity contribution in [2.75, 3.05) is 6.61 Å². The van der Waals surface area contributed by atoms with E-state index in [4.69, 9.17) is 4.74 Å². The van der Waals surface area contributed by atoms with Crippen LogP contribution in [0.2, 0.25) is 0 Å². The lowest BCUT2D eigenvalue weighted by molar-refractivity contribution is -0.385. The summed E-state index contributed by atoms with van der Waals surface area (Å²) in [5.74, 6) is -0.808. The third-order valence-electron chi connectivity index (χ3n) is 3.22. The van der Waals surface area contributed by atoms with E-state index in [1.54, 1.807) is 0 Å². The molecule has 2 rings (SSSR count). The Balaban J connectivity index is 2.21. The normalized spacial score (nSPS) is 11.9. The van der Waals surface area contributed by atoms with Gasteiger partial charge in [0, 0.05) is 6.07 Å². The number of rotatable bonds is 6. The number of nitro benzene ring substituents is 1. The summed E-state index contributed by atoms with van der Waals surface area (Å²) in [6.07, 6.45) is -10.6. The van der Waals surface area contributed by atoms with E-state index in [1.807, 2.05) is 0 Å². The molecule has 0 aliphatic heterocycles. The van der Waals surface area contributed by atoms with Gasteiger partial charge in [0.2, 0.25) is 0 Å². The summed E-state index contributed by atoms with van der Waals surface area (Å²) in [4.78, 5) is 10.3. The highest BCUT2D eigenvalue weighted by Crippen LogP contribution is 2.34. The Morgan fingerprint density at radius 2 is 1.52 bits per heavy atom. The quantitative estimate of drug-likeness (QED) is 0.369. The molecule has 27 heavy (non-hydrogen) atoms. The van der Waals surface area contributed by atoms with Crippen molar-refractivity contribution in [3.8, 4) is 22.6 Å². The van der Waals surface area contributed by atoms with E-state index in [-0.39, 0.29) is 11.3 Å². The number of ether oxygens (including phenoxy) is 2. The highest BCUT2D eigenvalue weighted by molar-refractivity contribution is 5.69. The Hall–Kier alpha value is -2.98. The summed E-state index contributed by atoms with van der Waals surface area (Å²) in [6, 6.07) is 8.10. The molecule has 0 unspecified atom stereocenters. The van der Waals surface area contributed by atoms with Crippen molar-refractivity contribution >= 4 is 5.69 Å². The van der Waals surface area contributed by atoms with Crippen molar-refractivity contribution < 1.29 is 40.7 Å². The highest BCUT2D eigenvalue weighted by Gasteiger charge is 2.31. The van der Waals surface area contributed by atoms with Crippen LogP contribution in [0.25, 0.3) is 11.1 Å². The van der Waals surface area contributed by atoms with Crippen molar-refractivity contribution in [1.82, 2.24) is 0 Å². The Morgan fingerprint density at radius 3 is 2.04 bits per heavy atom. The van der Waals surface area contributed by atoms with Gasteiger partial charge in [-0.25, -0.2) is 0 Å². The van der Waals surface area contributed by atoms with E-state index < -0.39 is 41.9 Å². The van der Waals surface area contributed by atoms with Crippen LogP contribution in [-0.4, -0.2) is 24.1 Å². The van der Waals surface area contributed by atoms with E-state index in [2.05, 4.69) is 4.74 Å². The fraction of sp³-hybridized carbons (Fsp3) is 0.250. The molecule has 2 aromatic carbocycles. The van der Waals surface area contributed by atoms with Gasteiger partial charge in [0.15, 0.2) is 5.75 Å². The Bertz CT molecular complexity index is 802. The maximum atomic E-state index is 12.1. The van der Waals surface area contributed by atoms with Gasteiger partial charge in [-0.05, 0) is 29.3 Å². The standard InChI is InChI=1S/C16H11F6NO4/c17-15(18,19)7-8-26-14-6-3-11(9-13(14)23(24)25)10-1-4-12(5-2-10)27-16(20,21)22/h1-6,9H,7-8H2. The minimum absolute atomic E-state index is 0.267. The maximum absolute atomic E-state index is 12.1. The number of hydrogen-bond donors (Lipinski definition) is 0. The lowest BCUT2D eigenvalue weighted by atomic mass is 10.0. The van der Waals surface area contributed by atoms with Crippen molar-refractivity contribution in [2.45, 2.75) is 19.0 Å². The van der Waals surface area contributed by atoms with Crippen LogP contribution in [0.15, 0.2) is 42.5 Å². The van der Waals surface area contributed by atoms with E-state index in [0.717, 1.165) is 24.3 Å². The monoisotopic (exact) mass is 395 g/mol. The number of halogens is 6. The first kappa shape index (κ1) is 20.3. The summed E-state index contributed by atoms with van der Waals surface area (Å²) in [7, 11) is 0. The Labute approximate surface area is 148 Å². The van der Waals surface area contributed by atoms with Crippen LogP contribution >= 0.6 is 0 Å². The fourth-order valence-corrected chi connectivity index (χ4v) is 2.09. The zero-order valence-electron chi connectivity index (χ0n) is 13.3. The second-order valence-corrected chi connectivity index (χ2v) is 5.23.